The number of hydrogen-bond acceptors (Lipinski definition) is 3. The zero-order chi connectivity index (χ0) is 14.6. The smallest absolute Gasteiger partial charge is 0.0528 e. The Balaban J connectivity index is 3.13. The summed E-state index contributed by atoms with van der Waals surface area (Å²) in [7, 11) is 4.03. The third kappa shape index (κ3) is 5.52. The molecule has 0 bridgehead atoms. The van der Waals surface area contributed by atoms with Crippen LogP contribution in [0.15, 0.2) is 22.6 Å². The number of hydrogen-bond donors (Lipinski definition) is 0. The van der Waals surface area contributed by atoms with Crippen LogP contribution in [0.2, 0.25) is 0 Å². The Morgan fingerprint density at radius 1 is 1.32 bits per heavy atom. The second kappa shape index (κ2) is 6.29. The summed E-state index contributed by atoms with van der Waals surface area (Å²) in [5.74, 6) is 0. The number of rotatable bonds is 3. The van der Waals surface area contributed by atoms with E-state index in [-0.39, 0.29) is 4.75 Å². The first-order chi connectivity index (χ1) is 8.69. The van der Waals surface area contributed by atoms with E-state index in [9.17, 15) is 0 Å². The summed E-state index contributed by atoms with van der Waals surface area (Å²) in [6.45, 7) is 12.6. The van der Waals surface area contributed by atoms with E-state index < -0.39 is 0 Å². The maximum absolute atomic E-state index is 4.60. The normalized spacial score (nSPS) is 13.8. The first-order valence-electron chi connectivity index (χ1n) is 6.39. The highest BCUT2D eigenvalue weighted by molar-refractivity contribution is 7.99. The molecule has 0 aliphatic carbocycles. The minimum absolute atomic E-state index is 0.145. The van der Waals surface area contributed by atoms with E-state index in [0.29, 0.717) is 0 Å². The average Bonchev–Trinajstić information content (AvgIpc) is 2.27. The van der Waals surface area contributed by atoms with Crippen molar-refractivity contribution in [2.45, 2.75) is 32.4 Å². The van der Waals surface area contributed by atoms with Crippen LogP contribution in [-0.4, -0.2) is 29.5 Å². The van der Waals surface area contributed by atoms with Crippen LogP contribution in [0.5, 0.6) is 0 Å². The van der Waals surface area contributed by atoms with Crippen molar-refractivity contribution in [2.24, 2.45) is 4.40 Å². The molecule has 0 saturated carbocycles. The second-order valence-electron chi connectivity index (χ2n) is 5.89. The standard InChI is InChI=1S/C16H24N2S/c1-12-8-9-14(10-15(12)11-18(6)7)13(2)17-19-16(3,4)5/h8-11H,1H2,2-7H3/b15-11-,17-13+. The molecule has 0 aromatic heterocycles. The first-order valence-corrected chi connectivity index (χ1v) is 7.17. The summed E-state index contributed by atoms with van der Waals surface area (Å²) in [4.78, 5) is 2.03. The summed E-state index contributed by atoms with van der Waals surface area (Å²) < 4.78 is 4.75. The predicted octanol–water partition coefficient (Wildman–Crippen LogP) is 2.65. The van der Waals surface area contributed by atoms with Crippen molar-refractivity contribution in [2.75, 3.05) is 14.1 Å². The van der Waals surface area contributed by atoms with Crippen molar-refractivity contribution in [1.29, 1.82) is 0 Å². The molecule has 1 rings (SSSR count). The van der Waals surface area contributed by atoms with Gasteiger partial charge in [-0.1, -0.05) is 18.7 Å². The average molecular weight is 276 g/mol. The topological polar surface area (TPSA) is 15.6 Å². The largest absolute Gasteiger partial charge is 0.383 e. The molecule has 0 N–H and O–H groups in total. The Morgan fingerprint density at radius 2 is 1.95 bits per heavy atom. The molecule has 0 unspecified atom stereocenters. The quantitative estimate of drug-likeness (QED) is 0.623. The maximum atomic E-state index is 4.60. The molecule has 1 aromatic carbocycles. The molecule has 0 radical (unpaired) electrons. The zero-order valence-corrected chi connectivity index (χ0v) is 13.6. The van der Waals surface area contributed by atoms with Gasteiger partial charge in [0, 0.05) is 25.0 Å². The Morgan fingerprint density at radius 3 is 2.47 bits per heavy atom. The Hall–Kier alpha value is -1.22. The molecule has 0 saturated heterocycles. The van der Waals surface area contributed by atoms with Crippen molar-refractivity contribution >= 4 is 30.4 Å². The van der Waals surface area contributed by atoms with Gasteiger partial charge in [0.25, 0.3) is 0 Å². The van der Waals surface area contributed by atoms with Gasteiger partial charge in [-0.05, 0) is 61.7 Å². The molecule has 0 heterocycles. The summed E-state index contributed by atoms with van der Waals surface area (Å²) in [5, 5.41) is 2.17. The molecule has 0 aliphatic heterocycles. The molecule has 2 nitrogen and oxygen atoms in total. The van der Waals surface area contributed by atoms with Crippen LogP contribution in [0, 0.1) is 0 Å². The van der Waals surface area contributed by atoms with Crippen molar-refractivity contribution in [3.63, 3.8) is 0 Å². The van der Waals surface area contributed by atoms with Crippen molar-refractivity contribution < 1.29 is 0 Å². The van der Waals surface area contributed by atoms with E-state index in [1.165, 1.54) is 0 Å². The molecule has 0 amide bonds. The highest BCUT2D eigenvalue weighted by atomic mass is 32.2. The zero-order valence-electron chi connectivity index (χ0n) is 12.8. The number of nitrogens with zero attached hydrogens (tertiary/aromatic N) is 2. The third-order valence-corrected chi connectivity index (χ3v) is 3.33. The molecule has 19 heavy (non-hydrogen) atoms. The van der Waals surface area contributed by atoms with E-state index in [4.69, 9.17) is 0 Å². The lowest BCUT2D eigenvalue weighted by Crippen LogP contribution is -2.26. The molecule has 0 spiro atoms. The van der Waals surface area contributed by atoms with E-state index in [0.717, 1.165) is 21.7 Å². The SMILES string of the molecule is C=c1ccc(/C(C)=N/SC(C)(C)C)c/c1=C/N(C)C. The van der Waals surface area contributed by atoms with Gasteiger partial charge < -0.3 is 4.90 Å². The Kier molecular flexibility index (Phi) is 5.24. The van der Waals surface area contributed by atoms with Crippen molar-refractivity contribution in [3.8, 4) is 0 Å². The summed E-state index contributed by atoms with van der Waals surface area (Å²) in [6.07, 6.45) is 2.08. The molecule has 3 heteroatoms. The lowest BCUT2D eigenvalue weighted by molar-refractivity contribution is 0.614. The minimum atomic E-state index is 0.145. The minimum Gasteiger partial charge on any atom is -0.383 e. The van der Waals surface area contributed by atoms with Gasteiger partial charge in [-0.2, -0.15) is 0 Å². The van der Waals surface area contributed by atoms with Gasteiger partial charge in [0.15, 0.2) is 0 Å². The van der Waals surface area contributed by atoms with Crippen LogP contribution in [0.1, 0.15) is 33.3 Å². The monoisotopic (exact) mass is 276 g/mol. The van der Waals surface area contributed by atoms with Gasteiger partial charge in [-0.15, -0.1) is 0 Å². The summed E-state index contributed by atoms with van der Waals surface area (Å²) in [6, 6.07) is 6.27. The molecular weight excluding hydrogens is 252 g/mol. The van der Waals surface area contributed by atoms with E-state index in [1.54, 1.807) is 11.9 Å². The fourth-order valence-electron chi connectivity index (χ4n) is 1.48. The van der Waals surface area contributed by atoms with Gasteiger partial charge in [0.2, 0.25) is 0 Å². The van der Waals surface area contributed by atoms with Crippen LogP contribution in [0.3, 0.4) is 0 Å². The van der Waals surface area contributed by atoms with Crippen molar-refractivity contribution in [1.82, 2.24) is 4.90 Å². The summed E-state index contributed by atoms with van der Waals surface area (Å²) in [5.41, 5.74) is 2.20. The van der Waals surface area contributed by atoms with Crippen LogP contribution >= 0.6 is 11.9 Å². The molecule has 0 atom stereocenters. The molecule has 0 fully saturated rings. The molecule has 0 aliphatic rings. The van der Waals surface area contributed by atoms with E-state index in [1.807, 2.05) is 25.1 Å². The van der Waals surface area contributed by atoms with Crippen LogP contribution in [0.4, 0.5) is 0 Å². The highest BCUT2D eigenvalue weighted by Crippen LogP contribution is 2.24. The second-order valence-corrected chi connectivity index (χ2v) is 7.48. The molecule has 1 aromatic rings. The van der Waals surface area contributed by atoms with Gasteiger partial charge in [0.05, 0.1) is 5.71 Å². The predicted molar refractivity (Wildman–Crippen MR) is 88.9 cm³/mol. The van der Waals surface area contributed by atoms with Crippen molar-refractivity contribution in [3.05, 3.63) is 34.2 Å². The van der Waals surface area contributed by atoms with Crippen LogP contribution in [-0.2, 0) is 0 Å². The Bertz CT molecular complexity index is 565. The van der Waals surface area contributed by atoms with E-state index in [2.05, 4.69) is 57.0 Å². The molecule has 104 valence electrons. The lowest BCUT2D eigenvalue weighted by Gasteiger charge is -2.13. The maximum Gasteiger partial charge on any atom is 0.0528 e. The third-order valence-electron chi connectivity index (χ3n) is 2.42. The fourth-order valence-corrected chi connectivity index (χ4v) is 1.99. The summed E-state index contributed by atoms with van der Waals surface area (Å²) >= 11 is 1.61. The fraction of sp³-hybridized carbons (Fsp3) is 0.438. The van der Waals surface area contributed by atoms with Gasteiger partial charge in [0.1, 0.15) is 0 Å². The molecular formula is C16H24N2S. The van der Waals surface area contributed by atoms with Crippen LogP contribution < -0.4 is 10.4 Å². The van der Waals surface area contributed by atoms with Gasteiger partial charge in [-0.3, -0.25) is 0 Å². The van der Waals surface area contributed by atoms with Gasteiger partial charge in [-0.25, -0.2) is 4.40 Å². The van der Waals surface area contributed by atoms with Gasteiger partial charge >= 0.3 is 0 Å². The first kappa shape index (κ1) is 15.8. The van der Waals surface area contributed by atoms with Crippen LogP contribution in [0.25, 0.3) is 12.8 Å². The highest BCUT2D eigenvalue weighted by Gasteiger charge is 2.10. The lowest BCUT2D eigenvalue weighted by atomic mass is 10.1. The Labute approximate surface area is 121 Å². The number of benzene rings is 1. The van der Waals surface area contributed by atoms with E-state index >= 15 is 0 Å².